The predicted molar refractivity (Wildman–Crippen MR) is 86.3 cm³/mol. The van der Waals surface area contributed by atoms with Gasteiger partial charge in [0, 0.05) is 6.54 Å². The summed E-state index contributed by atoms with van der Waals surface area (Å²) in [6, 6.07) is 14.4. The molecule has 0 aliphatic rings. The van der Waals surface area contributed by atoms with Gasteiger partial charge in [0.2, 0.25) is 0 Å². The van der Waals surface area contributed by atoms with Crippen LogP contribution in [0, 0.1) is 6.92 Å². The minimum Gasteiger partial charge on any atom is -0.497 e. The number of amides is 1. The van der Waals surface area contributed by atoms with Gasteiger partial charge in [-0.05, 0) is 36.2 Å². The van der Waals surface area contributed by atoms with Crippen LogP contribution in [0.1, 0.15) is 21.5 Å². The summed E-state index contributed by atoms with van der Waals surface area (Å²) in [7, 11) is 1.60. The third kappa shape index (κ3) is 4.85. The molecule has 23 heavy (non-hydrogen) atoms. The molecule has 5 nitrogen and oxygen atoms in total. The van der Waals surface area contributed by atoms with Gasteiger partial charge in [0.1, 0.15) is 5.75 Å². The number of nitrogens with one attached hydrogen (secondary N) is 1. The third-order valence-corrected chi connectivity index (χ3v) is 3.35. The van der Waals surface area contributed by atoms with Gasteiger partial charge >= 0.3 is 5.97 Å². The summed E-state index contributed by atoms with van der Waals surface area (Å²) in [5.74, 6) is -0.0855. The number of ether oxygens (including phenoxy) is 2. The summed E-state index contributed by atoms with van der Waals surface area (Å²) >= 11 is 0. The quantitative estimate of drug-likeness (QED) is 0.832. The lowest BCUT2D eigenvalue weighted by molar-refractivity contribution is -0.124. The van der Waals surface area contributed by atoms with Crippen molar-refractivity contribution in [2.75, 3.05) is 13.7 Å². The molecule has 2 aromatic carbocycles. The van der Waals surface area contributed by atoms with Gasteiger partial charge < -0.3 is 14.8 Å². The Bertz CT molecular complexity index is 680. The molecule has 0 aliphatic carbocycles. The lowest BCUT2D eigenvalue weighted by Crippen LogP contribution is -2.28. The minimum atomic E-state index is -0.498. The Labute approximate surface area is 135 Å². The molecular formula is C18H19NO4. The Balaban J connectivity index is 1.78. The first-order chi connectivity index (χ1) is 11.1. The third-order valence-electron chi connectivity index (χ3n) is 3.35. The van der Waals surface area contributed by atoms with E-state index in [1.165, 1.54) is 0 Å². The maximum Gasteiger partial charge on any atom is 0.338 e. The number of rotatable bonds is 6. The second-order valence-corrected chi connectivity index (χ2v) is 5.02. The van der Waals surface area contributed by atoms with Gasteiger partial charge in [0.25, 0.3) is 5.91 Å². The van der Waals surface area contributed by atoms with Crippen LogP contribution < -0.4 is 10.1 Å². The number of hydrogen-bond acceptors (Lipinski definition) is 4. The fourth-order valence-corrected chi connectivity index (χ4v) is 2.01. The monoisotopic (exact) mass is 313 g/mol. The Hall–Kier alpha value is -2.82. The number of benzene rings is 2. The van der Waals surface area contributed by atoms with Crippen LogP contribution in [0.3, 0.4) is 0 Å². The fraction of sp³-hybridized carbons (Fsp3) is 0.222. The van der Waals surface area contributed by atoms with Crippen molar-refractivity contribution in [1.82, 2.24) is 5.32 Å². The number of hydrogen-bond donors (Lipinski definition) is 1. The Kier molecular flexibility index (Phi) is 5.74. The lowest BCUT2D eigenvalue weighted by Gasteiger charge is -2.08. The first-order valence-electron chi connectivity index (χ1n) is 7.22. The molecule has 0 atom stereocenters. The maximum atomic E-state index is 11.9. The van der Waals surface area contributed by atoms with Crippen molar-refractivity contribution < 1.29 is 19.1 Å². The molecule has 0 unspecified atom stereocenters. The number of methoxy groups -OCH3 is 1. The predicted octanol–water partition coefficient (Wildman–Crippen LogP) is 2.48. The first kappa shape index (κ1) is 16.5. The average molecular weight is 313 g/mol. The summed E-state index contributed by atoms with van der Waals surface area (Å²) in [4.78, 5) is 23.6. The number of carbonyl (C=O) groups is 2. The molecule has 0 spiro atoms. The van der Waals surface area contributed by atoms with Crippen LogP contribution in [-0.2, 0) is 16.1 Å². The largest absolute Gasteiger partial charge is 0.497 e. The second kappa shape index (κ2) is 7.98. The van der Waals surface area contributed by atoms with E-state index in [-0.39, 0.29) is 12.5 Å². The van der Waals surface area contributed by atoms with E-state index < -0.39 is 5.97 Å². The van der Waals surface area contributed by atoms with Crippen molar-refractivity contribution in [2.45, 2.75) is 13.5 Å². The van der Waals surface area contributed by atoms with E-state index in [0.717, 1.165) is 16.9 Å². The summed E-state index contributed by atoms with van der Waals surface area (Å²) in [5.41, 5.74) is 2.22. The van der Waals surface area contributed by atoms with E-state index in [4.69, 9.17) is 9.47 Å². The minimum absolute atomic E-state index is 0.302. The van der Waals surface area contributed by atoms with Crippen LogP contribution in [-0.4, -0.2) is 25.6 Å². The van der Waals surface area contributed by atoms with Gasteiger partial charge in [-0.15, -0.1) is 0 Å². The molecule has 2 aromatic rings. The van der Waals surface area contributed by atoms with Crippen LogP contribution in [0.5, 0.6) is 5.75 Å². The Morgan fingerprint density at radius 2 is 1.74 bits per heavy atom. The molecule has 0 bridgehead atoms. The standard InChI is InChI=1S/C18H19NO4/c1-13-5-3-4-6-16(13)18(21)23-12-17(20)19-11-14-7-9-15(22-2)10-8-14/h3-10H,11-12H2,1-2H3,(H,19,20). The summed E-state index contributed by atoms with van der Waals surface area (Å²) in [6.45, 7) is 1.88. The van der Waals surface area contributed by atoms with Crippen LogP contribution in [0.2, 0.25) is 0 Å². The summed E-state index contributed by atoms with van der Waals surface area (Å²) in [5, 5.41) is 2.70. The van der Waals surface area contributed by atoms with E-state index in [2.05, 4.69) is 5.32 Å². The van der Waals surface area contributed by atoms with Crippen molar-refractivity contribution in [2.24, 2.45) is 0 Å². The lowest BCUT2D eigenvalue weighted by atomic mass is 10.1. The molecule has 1 amide bonds. The Morgan fingerprint density at radius 1 is 1.04 bits per heavy atom. The summed E-state index contributed by atoms with van der Waals surface area (Å²) < 4.78 is 10.1. The van der Waals surface area contributed by atoms with Crippen molar-refractivity contribution in [1.29, 1.82) is 0 Å². The van der Waals surface area contributed by atoms with Gasteiger partial charge in [-0.1, -0.05) is 30.3 Å². The van der Waals surface area contributed by atoms with Crippen molar-refractivity contribution in [3.63, 3.8) is 0 Å². The van der Waals surface area contributed by atoms with E-state index in [1.807, 2.05) is 43.3 Å². The molecule has 0 fully saturated rings. The molecule has 2 rings (SSSR count). The molecule has 0 radical (unpaired) electrons. The molecular weight excluding hydrogens is 294 g/mol. The maximum absolute atomic E-state index is 11.9. The highest BCUT2D eigenvalue weighted by atomic mass is 16.5. The highest BCUT2D eigenvalue weighted by Crippen LogP contribution is 2.11. The normalized spacial score (nSPS) is 10.0. The van der Waals surface area contributed by atoms with Crippen LogP contribution >= 0.6 is 0 Å². The summed E-state index contributed by atoms with van der Waals surface area (Å²) in [6.07, 6.45) is 0. The highest BCUT2D eigenvalue weighted by Gasteiger charge is 2.11. The van der Waals surface area contributed by atoms with Gasteiger partial charge in [-0.3, -0.25) is 4.79 Å². The zero-order valence-electron chi connectivity index (χ0n) is 13.2. The van der Waals surface area contributed by atoms with Crippen LogP contribution in [0.4, 0.5) is 0 Å². The van der Waals surface area contributed by atoms with Crippen LogP contribution in [0.25, 0.3) is 0 Å². The molecule has 0 saturated carbocycles. The molecule has 0 saturated heterocycles. The smallest absolute Gasteiger partial charge is 0.338 e. The molecule has 1 N–H and O–H groups in total. The molecule has 0 heterocycles. The van der Waals surface area contributed by atoms with Gasteiger partial charge in [0.05, 0.1) is 12.7 Å². The van der Waals surface area contributed by atoms with E-state index in [9.17, 15) is 9.59 Å². The van der Waals surface area contributed by atoms with Crippen molar-refractivity contribution >= 4 is 11.9 Å². The van der Waals surface area contributed by atoms with E-state index in [0.29, 0.717) is 12.1 Å². The molecule has 0 aliphatic heterocycles. The van der Waals surface area contributed by atoms with Crippen molar-refractivity contribution in [3.8, 4) is 5.75 Å². The Morgan fingerprint density at radius 3 is 2.39 bits per heavy atom. The number of esters is 1. The average Bonchev–Trinajstić information content (AvgIpc) is 2.58. The fourth-order valence-electron chi connectivity index (χ4n) is 2.01. The number of carbonyl (C=O) groups excluding carboxylic acids is 2. The molecule has 0 aromatic heterocycles. The van der Waals surface area contributed by atoms with Gasteiger partial charge in [-0.25, -0.2) is 4.79 Å². The first-order valence-corrected chi connectivity index (χ1v) is 7.22. The van der Waals surface area contributed by atoms with Gasteiger partial charge in [0.15, 0.2) is 6.61 Å². The highest BCUT2D eigenvalue weighted by molar-refractivity contribution is 5.92. The second-order valence-electron chi connectivity index (χ2n) is 5.02. The van der Waals surface area contributed by atoms with E-state index >= 15 is 0 Å². The van der Waals surface area contributed by atoms with E-state index in [1.54, 1.807) is 19.2 Å². The SMILES string of the molecule is COc1ccc(CNC(=O)COC(=O)c2ccccc2C)cc1. The number of aryl methyl sites for hydroxylation is 1. The molecule has 120 valence electrons. The zero-order valence-corrected chi connectivity index (χ0v) is 13.2. The van der Waals surface area contributed by atoms with Crippen LogP contribution in [0.15, 0.2) is 48.5 Å². The zero-order chi connectivity index (χ0) is 16.7. The van der Waals surface area contributed by atoms with Gasteiger partial charge in [-0.2, -0.15) is 0 Å². The topological polar surface area (TPSA) is 64.6 Å². The molecule has 5 heteroatoms. The van der Waals surface area contributed by atoms with Crippen molar-refractivity contribution in [3.05, 3.63) is 65.2 Å².